The molecule has 0 bridgehead atoms. The minimum absolute atomic E-state index is 1.14. The van der Waals surface area contributed by atoms with Crippen LogP contribution in [0, 0.1) is 0 Å². The first-order valence-electron chi connectivity index (χ1n) is 4.44. The van der Waals surface area contributed by atoms with Crippen LogP contribution >= 0.6 is 0 Å². The van der Waals surface area contributed by atoms with Crippen LogP contribution in [0.4, 0.5) is 0 Å². The normalized spacial score (nSPS) is 9.69. The maximum Gasteiger partial charge on any atom is -0.00944 e. The number of benzene rings is 1. The first kappa shape index (κ1) is 9.57. The van der Waals surface area contributed by atoms with Crippen LogP contribution < -0.4 is 0 Å². The first-order valence-corrected chi connectivity index (χ1v) is 4.44. The lowest BCUT2D eigenvalue weighted by molar-refractivity contribution is 1.52. The van der Waals surface area contributed by atoms with Gasteiger partial charge in [0.05, 0.1) is 0 Å². The first-order chi connectivity index (χ1) is 6.33. The van der Waals surface area contributed by atoms with Crippen molar-refractivity contribution in [1.82, 2.24) is 0 Å². The van der Waals surface area contributed by atoms with E-state index in [4.69, 9.17) is 0 Å². The molecule has 0 radical (unpaired) electrons. The van der Waals surface area contributed by atoms with E-state index >= 15 is 0 Å². The molecule has 0 heterocycles. The SMILES string of the molecule is C/C=C/C(C)=C=Cc1ccccc1. The van der Waals surface area contributed by atoms with Crippen molar-refractivity contribution in [3.05, 3.63) is 59.4 Å². The second-order valence-electron chi connectivity index (χ2n) is 2.88. The molecule has 0 aliphatic rings. The molecule has 0 unspecified atom stereocenters. The highest BCUT2D eigenvalue weighted by Gasteiger charge is 1.80. The predicted molar refractivity (Wildman–Crippen MR) is 58.4 cm³/mol. The zero-order valence-corrected chi connectivity index (χ0v) is 8.12. The van der Waals surface area contributed by atoms with Crippen LogP contribution in [-0.4, -0.2) is 0 Å². The quantitative estimate of drug-likeness (QED) is 0.467. The Hall–Kier alpha value is -1.52. The molecule has 1 aromatic rings. The molecule has 66 valence electrons. The molecule has 0 saturated heterocycles. The summed E-state index contributed by atoms with van der Waals surface area (Å²) in [5, 5.41) is 0. The highest BCUT2D eigenvalue weighted by atomic mass is 13.9. The molecule has 13 heavy (non-hydrogen) atoms. The van der Waals surface area contributed by atoms with Crippen molar-refractivity contribution < 1.29 is 0 Å². The monoisotopic (exact) mass is 170 g/mol. The maximum atomic E-state index is 3.20. The van der Waals surface area contributed by atoms with E-state index in [1.165, 1.54) is 5.56 Å². The average molecular weight is 170 g/mol. The molecule has 0 nitrogen and oxygen atoms in total. The number of hydrogen-bond acceptors (Lipinski definition) is 0. The maximum absolute atomic E-state index is 3.20. The summed E-state index contributed by atoms with van der Waals surface area (Å²) < 4.78 is 0. The Morgan fingerprint density at radius 1 is 1.23 bits per heavy atom. The number of allylic oxidation sites excluding steroid dienone is 3. The molecule has 0 saturated carbocycles. The summed E-state index contributed by atoms with van der Waals surface area (Å²) in [4.78, 5) is 0. The molecule has 0 spiro atoms. The zero-order valence-electron chi connectivity index (χ0n) is 8.12. The minimum Gasteiger partial charge on any atom is -0.117 e. The van der Waals surface area contributed by atoms with Crippen molar-refractivity contribution in [2.75, 3.05) is 0 Å². The van der Waals surface area contributed by atoms with Crippen LogP contribution in [0.2, 0.25) is 0 Å². The molecule has 0 amide bonds. The number of hydrogen-bond donors (Lipinski definition) is 0. The van der Waals surface area contributed by atoms with Crippen LogP contribution in [-0.2, 0) is 0 Å². The molecule has 0 aromatic heterocycles. The van der Waals surface area contributed by atoms with Gasteiger partial charge in [0.2, 0.25) is 0 Å². The number of rotatable bonds is 2. The zero-order chi connectivity index (χ0) is 9.52. The summed E-state index contributed by atoms with van der Waals surface area (Å²) in [6.07, 6.45) is 6.05. The van der Waals surface area contributed by atoms with E-state index in [2.05, 4.69) is 17.9 Å². The van der Waals surface area contributed by atoms with Gasteiger partial charge >= 0.3 is 0 Å². The van der Waals surface area contributed by atoms with E-state index in [-0.39, 0.29) is 0 Å². The Kier molecular flexibility index (Phi) is 3.81. The van der Waals surface area contributed by atoms with E-state index in [9.17, 15) is 0 Å². The molecule has 1 aromatic carbocycles. The molecule has 0 heteroatoms. The summed E-state index contributed by atoms with van der Waals surface area (Å²) in [6.45, 7) is 4.05. The fourth-order valence-electron chi connectivity index (χ4n) is 1.04. The van der Waals surface area contributed by atoms with E-state index < -0.39 is 0 Å². The minimum atomic E-state index is 1.14. The molecule has 0 atom stereocenters. The van der Waals surface area contributed by atoms with E-state index in [0.717, 1.165) is 5.57 Å². The Morgan fingerprint density at radius 2 is 1.92 bits per heavy atom. The van der Waals surface area contributed by atoms with Gasteiger partial charge in [0, 0.05) is 0 Å². The average Bonchev–Trinajstić information content (AvgIpc) is 2.17. The Balaban J connectivity index is 2.85. The van der Waals surface area contributed by atoms with Crippen LogP contribution in [0.25, 0.3) is 6.08 Å². The lowest BCUT2D eigenvalue weighted by atomic mass is 10.2. The second kappa shape index (κ2) is 5.18. The third-order valence-electron chi connectivity index (χ3n) is 1.68. The highest BCUT2D eigenvalue weighted by Crippen LogP contribution is 2.01. The smallest absolute Gasteiger partial charge is 0.00944 e. The van der Waals surface area contributed by atoms with Gasteiger partial charge in [-0.25, -0.2) is 0 Å². The van der Waals surface area contributed by atoms with E-state index in [1.54, 1.807) is 0 Å². The van der Waals surface area contributed by atoms with Crippen molar-refractivity contribution in [1.29, 1.82) is 0 Å². The van der Waals surface area contributed by atoms with Crippen LogP contribution in [0.1, 0.15) is 19.4 Å². The van der Waals surface area contributed by atoms with Gasteiger partial charge in [-0.2, -0.15) is 0 Å². The van der Waals surface area contributed by atoms with Crippen LogP contribution in [0.15, 0.2) is 53.8 Å². The Labute approximate surface area is 79.9 Å². The molecular formula is C13H14. The Morgan fingerprint density at radius 3 is 2.54 bits per heavy atom. The standard InChI is InChI=1S/C13H14/c1-3-7-12(2)10-11-13-8-5-4-6-9-13/h3-9,11H,1-2H3/b7-3+. The van der Waals surface area contributed by atoms with Gasteiger partial charge < -0.3 is 0 Å². The third-order valence-corrected chi connectivity index (χ3v) is 1.68. The fraction of sp³-hybridized carbons (Fsp3) is 0.154. The lowest BCUT2D eigenvalue weighted by Crippen LogP contribution is -1.67. The summed E-state index contributed by atoms with van der Waals surface area (Å²) in [7, 11) is 0. The molecule has 0 aliphatic carbocycles. The van der Waals surface area contributed by atoms with Crippen molar-refractivity contribution in [2.24, 2.45) is 0 Å². The van der Waals surface area contributed by atoms with Crippen molar-refractivity contribution in [3.63, 3.8) is 0 Å². The summed E-state index contributed by atoms with van der Waals surface area (Å²) in [5.74, 6) is 0. The van der Waals surface area contributed by atoms with Gasteiger partial charge in [0.1, 0.15) is 0 Å². The van der Waals surface area contributed by atoms with Gasteiger partial charge in [0.15, 0.2) is 0 Å². The highest BCUT2D eigenvalue weighted by molar-refractivity contribution is 5.49. The van der Waals surface area contributed by atoms with Gasteiger partial charge in [-0.15, -0.1) is 5.73 Å². The van der Waals surface area contributed by atoms with Crippen LogP contribution in [0.3, 0.4) is 0 Å². The van der Waals surface area contributed by atoms with Gasteiger partial charge in [-0.1, -0.05) is 42.5 Å². The fourth-order valence-corrected chi connectivity index (χ4v) is 1.04. The molecule has 1 rings (SSSR count). The van der Waals surface area contributed by atoms with Crippen molar-refractivity contribution >= 4 is 6.08 Å². The summed E-state index contributed by atoms with van der Waals surface area (Å²) >= 11 is 0. The summed E-state index contributed by atoms with van der Waals surface area (Å²) in [6, 6.07) is 10.2. The third kappa shape index (κ3) is 3.59. The molecule has 0 fully saturated rings. The van der Waals surface area contributed by atoms with Gasteiger partial charge in [-0.05, 0) is 31.1 Å². The largest absolute Gasteiger partial charge is 0.117 e. The second-order valence-corrected chi connectivity index (χ2v) is 2.88. The Bertz CT molecular complexity index is 336. The van der Waals surface area contributed by atoms with E-state index in [0.29, 0.717) is 0 Å². The van der Waals surface area contributed by atoms with Gasteiger partial charge in [-0.3, -0.25) is 0 Å². The molecule has 0 aliphatic heterocycles. The molecular weight excluding hydrogens is 156 g/mol. The lowest BCUT2D eigenvalue weighted by Gasteiger charge is -1.87. The van der Waals surface area contributed by atoms with Gasteiger partial charge in [0.25, 0.3) is 0 Å². The van der Waals surface area contributed by atoms with Crippen molar-refractivity contribution in [2.45, 2.75) is 13.8 Å². The molecule has 0 N–H and O–H groups in total. The van der Waals surface area contributed by atoms with E-state index in [1.807, 2.05) is 50.3 Å². The van der Waals surface area contributed by atoms with Crippen LogP contribution in [0.5, 0.6) is 0 Å². The topological polar surface area (TPSA) is 0 Å². The van der Waals surface area contributed by atoms with Crippen molar-refractivity contribution in [3.8, 4) is 0 Å². The predicted octanol–water partition coefficient (Wildman–Crippen LogP) is 3.82. The summed E-state index contributed by atoms with van der Waals surface area (Å²) in [5.41, 5.74) is 5.54.